The normalized spacial score (nSPS) is 10.3. The Labute approximate surface area is 263 Å². The number of likely N-dealkylation sites (N-methyl/N-ethyl adjacent to an activating group) is 1. The number of carbonyl (C=O) groups is 2. The van der Waals surface area contributed by atoms with Gasteiger partial charge in [-0.2, -0.15) is 10.2 Å². The Morgan fingerprint density at radius 2 is 1.80 bits per heavy atom. The second kappa shape index (κ2) is 21.4. The number of unbranched alkanes of at least 4 members (excludes halogenated alkanes) is 1. The van der Waals surface area contributed by atoms with Crippen LogP contribution < -0.4 is 16.0 Å². The largest absolute Gasteiger partial charge is 0.444 e. The molecule has 0 saturated carbocycles. The number of hydrogen-bond donors (Lipinski definition) is 3. The summed E-state index contributed by atoms with van der Waals surface area (Å²) in [5, 5.41) is 18.3. The van der Waals surface area contributed by atoms with E-state index < -0.39 is 11.7 Å². The van der Waals surface area contributed by atoms with Crippen molar-refractivity contribution in [2.45, 2.75) is 66.9 Å². The monoisotopic (exact) mass is 599 g/mol. The highest BCUT2D eigenvalue weighted by Gasteiger charge is 2.20. The van der Waals surface area contributed by atoms with Crippen molar-refractivity contribution in [3.05, 3.63) is 65.5 Å². The van der Waals surface area contributed by atoms with Crippen LogP contribution >= 0.6 is 0 Å². The number of hydrogen-bond acceptors (Lipinski definition) is 8. The number of amides is 2. The summed E-state index contributed by atoms with van der Waals surface area (Å²) in [6.45, 7) is 13.5. The van der Waals surface area contributed by atoms with Crippen molar-refractivity contribution in [2.75, 3.05) is 30.8 Å². The van der Waals surface area contributed by atoms with Crippen LogP contribution in [0.2, 0.25) is 0 Å². The summed E-state index contributed by atoms with van der Waals surface area (Å²) >= 11 is 0. The fourth-order valence-corrected chi connectivity index (χ4v) is 3.15. The molecular weight excluding hydrogens is 554 g/mol. The van der Waals surface area contributed by atoms with Crippen LogP contribution in [0.15, 0.2) is 54.4 Å². The quantitative estimate of drug-likeness (QED) is 0.163. The second-order valence-corrected chi connectivity index (χ2v) is 9.73. The molecule has 0 bridgehead atoms. The average Bonchev–Trinajstić information content (AvgIpc) is 3.01. The van der Waals surface area contributed by atoms with Gasteiger partial charge in [0.15, 0.2) is 5.82 Å². The van der Waals surface area contributed by atoms with Crippen molar-refractivity contribution < 1.29 is 14.3 Å². The molecule has 0 radical (unpaired) electrons. The van der Waals surface area contributed by atoms with E-state index in [4.69, 9.17) is 10.00 Å². The van der Waals surface area contributed by atoms with E-state index >= 15 is 0 Å². The molecule has 1 aromatic heterocycles. The summed E-state index contributed by atoms with van der Waals surface area (Å²) in [4.78, 5) is 34.4. The first kappa shape index (κ1) is 38.7. The number of anilines is 3. The molecule has 2 amide bonds. The Balaban J connectivity index is 0.00000443. The van der Waals surface area contributed by atoms with Gasteiger partial charge >= 0.3 is 6.09 Å². The number of nitrogens with one attached hydrogen (secondary N) is 3. The van der Waals surface area contributed by atoms with Crippen LogP contribution in [0, 0.1) is 36.0 Å². The first-order chi connectivity index (χ1) is 21.0. The Morgan fingerprint density at radius 1 is 1.14 bits per heavy atom. The van der Waals surface area contributed by atoms with Crippen LogP contribution in [-0.2, 0) is 9.53 Å². The van der Waals surface area contributed by atoms with Crippen molar-refractivity contribution in [2.24, 2.45) is 0 Å². The van der Waals surface area contributed by atoms with E-state index in [1.165, 1.54) is 11.9 Å². The summed E-state index contributed by atoms with van der Waals surface area (Å²) in [5.41, 5.74) is 2.14. The lowest BCUT2D eigenvalue weighted by Gasteiger charge is -2.24. The van der Waals surface area contributed by atoms with E-state index in [9.17, 15) is 9.59 Å². The molecule has 0 atom stereocenters. The molecule has 44 heavy (non-hydrogen) atoms. The summed E-state index contributed by atoms with van der Waals surface area (Å²) in [7, 11) is 1.52. The van der Waals surface area contributed by atoms with Gasteiger partial charge < -0.3 is 25.6 Å². The molecule has 1 aromatic carbocycles. The van der Waals surface area contributed by atoms with E-state index in [2.05, 4.69) is 56.7 Å². The fourth-order valence-electron chi connectivity index (χ4n) is 3.15. The number of benzene rings is 1. The molecule has 1 heterocycles. The Bertz CT molecular complexity index is 1370. The number of ether oxygens (including phenoxy) is 1. The molecule has 0 aliphatic rings. The van der Waals surface area contributed by atoms with E-state index in [1.54, 1.807) is 51.2 Å². The lowest BCUT2D eigenvalue weighted by Crippen LogP contribution is -2.41. The maximum absolute atomic E-state index is 12.2. The number of allylic oxidation sites excluding steroid dienone is 3. The molecule has 0 fully saturated rings. The number of rotatable bonds is 10. The second-order valence-electron chi connectivity index (χ2n) is 9.73. The third-order valence-electron chi connectivity index (χ3n) is 5.09. The minimum atomic E-state index is -0.623. The van der Waals surface area contributed by atoms with Gasteiger partial charge in [0.2, 0.25) is 11.9 Å². The highest BCUT2D eigenvalue weighted by atomic mass is 16.6. The minimum Gasteiger partial charge on any atom is -0.444 e. The van der Waals surface area contributed by atoms with E-state index in [0.29, 0.717) is 42.3 Å². The van der Waals surface area contributed by atoms with Crippen LogP contribution in [0.3, 0.4) is 0 Å². The molecule has 3 N–H and O–H groups in total. The summed E-state index contributed by atoms with van der Waals surface area (Å²) in [6.07, 6.45) is 16.0. The first-order valence-corrected chi connectivity index (χ1v) is 14.3. The SMILES string of the molecule is C#C.C/C=C\C(=C/C)Nc1ncc(C#CCCCNC(=O)CN(C)C(=O)OC(C)(C)C)c(Nc2ccc(C#N)cc2)n1.CC. The summed E-state index contributed by atoms with van der Waals surface area (Å²) in [5.74, 6) is 6.86. The zero-order valence-corrected chi connectivity index (χ0v) is 27.1. The molecule has 0 spiro atoms. The van der Waals surface area contributed by atoms with Crippen LogP contribution in [0.1, 0.15) is 72.4 Å². The molecule has 0 aliphatic heterocycles. The van der Waals surface area contributed by atoms with Gasteiger partial charge in [-0.15, -0.1) is 12.8 Å². The smallest absolute Gasteiger partial charge is 0.410 e. The van der Waals surface area contributed by atoms with Gasteiger partial charge in [-0.3, -0.25) is 4.79 Å². The van der Waals surface area contributed by atoms with Gasteiger partial charge in [0.1, 0.15) is 12.1 Å². The fraction of sp³-hybridized carbons (Fsp3) is 0.382. The first-order valence-electron chi connectivity index (χ1n) is 14.3. The Morgan fingerprint density at radius 3 is 2.36 bits per heavy atom. The molecule has 0 saturated heterocycles. The molecule has 10 nitrogen and oxygen atoms in total. The van der Waals surface area contributed by atoms with E-state index in [0.717, 1.165) is 11.4 Å². The van der Waals surface area contributed by atoms with Crippen LogP contribution in [-0.4, -0.2) is 52.6 Å². The third-order valence-corrected chi connectivity index (χ3v) is 5.09. The van der Waals surface area contributed by atoms with Gasteiger partial charge in [0, 0.05) is 31.4 Å². The molecule has 0 aliphatic carbocycles. The number of nitrogens with zero attached hydrogens (tertiary/aromatic N) is 4. The van der Waals surface area contributed by atoms with Crippen molar-refractivity contribution >= 4 is 29.5 Å². The van der Waals surface area contributed by atoms with Crippen LogP contribution in [0.5, 0.6) is 0 Å². The maximum Gasteiger partial charge on any atom is 0.410 e. The number of terminal acetylenes is 1. The molecule has 0 unspecified atom stereocenters. The Hall–Kier alpha value is -5.27. The number of aromatic nitrogens is 2. The molecule has 10 heteroatoms. The highest BCUT2D eigenvalue weighted by molar-refractivity contribution is 5.82. The van der Waals surface area contributed by atoms with Gasteiger partial charge in [-0.25, -0.2) is 9.78 Å². The standard InChI is InChI=1S/C30H37N7O3.C2H6.C2H2/c1-7-12-24(8-2)35-28-33-20-23(27(36-28)34-25-16-14-22(19-31)15-17-25)13-10-9-11-18-32-26(38)21-37(6)29(39)40-30(3,4)5;2*1-2/h7-8,12,14-17,20H,9,11,18,21H2,1-6H3,(H,32,38)(H2,33,34,35,36);1-2H3;1-2H/b12-7-,24-8+;;. The van der Waals surface area contributed by atoms with Gasteiger partial charge in [-0.1, -0.05) is 37.8 Å². The Kier molecular flexibility index (Phi) is 18.9. The zero-order valence-electron chi connectivity index (χ0n) is 27.1. The van der Waals surface area contributed by atoms with E-state index in [1.807, 2.05) is 45.9 Å². The minimum absolute atomic E-state index is 0.0916. The maximum atomic E-state index is 12.2. The predicted octanol–water partition coefficient (Wildman–Crippen LogP) is 6.37. The van der Waals surface area contributed by atoms with Crippen molar-refractivity contribution in [1.82, 2.24) is 20.2 Å². The summed E-state index contributed by atoms with van der Waals surface area (Å²) in [6, 6.07) is 9.14. The summed E-state index contributed by atoms with van der Waals surface area (Å²) < 4.78 is 5.25. The lowest BCUT2D eigenvalue weighted by molar-refractivity contribution is -0.122. The third kappa shape index (κ3) is 15.7. The van der Waals surface area contributed by atoms with Crippen molar-refractivity contribution in [3.8, 4) is 30.8 Å². The van der Waals surface area contributed by atoms with Gasteiger partial charge in [0.25, 0.3) is 0 Å². The van der Waals surface area contributed by atoms with Gasteiger partial charge in [0.05, 0.1) is 23.4 Å². The molecular formula is C34H45N7O3. The van der Waals surface area contributed by atoms with E-state index in [-0.39, 0.29) is 12.5 Å². The van der Waals surface area contributed by atoms with Crippen molar-refractivity contribution in [3.63, 3.8) is 0 Å². The molecule has 2 aromatic rings. The molecule has 2 rings (SSSR count). The highest BCUT2D eigenvalue weighted by Crippen LogP contribution is 2.20. The predicted molar refractivity (Wildman–Crippen MR) is 178 cm³/mol. The zero-order chi connectivity index (χ0) is 33.5. The average molecular weight is 600 g/mol. The topological polar surface area (TPSA) is 132 Å². The van der Waals surface area contributed by atoms with Crippen LogP contribution in [0.4, 0.5) is 22.2 Å². The van der Waals surface area contributed by atoms with Gasteiger partial charge in [-0.05, 0) is 71.4 Å². The lowest BCUT2D eigenvalue weighted by atomic mass is 10.2. The molecule has 234 valence electrons. The number of nitriles is 1. The number of carbonyl (C=O) groups excluding carboxylic acids is 2. The van der Waals surface area contributed by atoms with Crippen molar-refractivity contribution in [1.29, 1.82) is 5.26 Å². The van der Waals surface area contributed by atoms with Crippen LogP contribution in [0.25, 0.3) is 0 Å².